The molecule has 2 aliphatic heterocycles. The second-order valence-electron chi connectivity index (χ2n) is 15.2. The smallest absolute Gasteiger partial charge is 0.402 e. The number of benzene rings is 2. The van der Waals surface area contributed by atoms with Crippen molar-refractivity contribution in [2.75, 3.05) is 0 Å². The Balaban J connectivity index is 1.26. The van der Waals surface area contributed by atoms with Gasteiger partial charge >= 0.3 is 14.2 Å². The summed E-state index contributed by atoms with van der Waals surface area (Å²) in [5.41, 5.74) is 4.30. The molecule has 40 heavy (non-hydrogen) atoms. The predicted octanol–water partition coefficient (Wildman–Crippen LogP) is 7.13. The first-order chi connectivity index (χ1) is 19.0. The summed E-state index contributed by atoms with van der Waals surface area (Å²) in [5.74, 6) is 2.41. The van der Waals surface area contributed by atoms with Crippen molar-refractivity contribution in [3.8, 4) is 0 Å². The summed E-state index contributed by atoms with van der Waals surface area (Å²) >= 11 is 0. The van der Waals surface area contributed by atoms with E-state index >= 15 is 0 Å². The fourth-order valence-corrected chi connectivity index (χ4v) is 10.0. The van der Waals surface area contributed by atoms with Crippen LogP contribution >= 0.6 is 0 Å². The minimum absolute atomic E-state index is 0.101. The SMILES string of the molecule is CC1(C)C2CC3OB(/C(=C(\B4OC5C[C@H]6C[C@H](C6(C)C)[C@@]5(C)O4)c4ccccc4)c4ccccc4)O[C@]3(C)[C@@H]1C2. The molecule has 2 aromatic carbocycles. The van der Waals surface area contributed by atoms with Gasteiger partial charge in [-0.1, -0.05) is 88.4 Å². The summed E-state index contributed by atoms with van der Waals surface area (Å²) in [4.78, 5) is 0. The van der Waals surface area contributed by atoms with Gasteiger partial charge in [-0.25, -0.2) is 0 Å². The summed E-state index contributed by atoms with van der Waals surface area (Å²) < 4.78 is 28.2. The lowest BCUT2D eigenvalue weighted by atomic mass is 9.43. The van der Waals surface area contributed by atoms with Crippen LogP contribution in [0, 0.1) is 34.5 Å². The monoisotopic (exact) mass is 536 g/mol. The maximum Gasteiger partial charge on any atom is 0.494 e. The van der Waals surface area contributed by atoms with Gasteiger partial charge in [0.2, 0.25) is 0 Å². The van der Waals surface area contributed by atoms with E-state index in [0.29, 0.717) is 23.7 Å². The van der Waals surface area contributed by atoms with Crippen LogP contribution in [-0.4, -0.2) is 37.6 Å². The normalized spacial score (nSPS) is 42.4. The second kappa shape index (κ2) is 8.37. The Morgan fingerprint density at radius 3 is 1.30 bits per heavy atom. The van der Waals surface area contributed by atoms with Crippen molar-refractivity contribution >= 4 is 25.2 Å². The fraction of sp³-hybridized carbons (Fsp3) is 0.588. The molecule has 8 atom stereocenters. The highest BCUT2D eigenvalue weighted by Gasteiger charge is 2.70. The molecule has 6 saturated carbocycles. The van der Waals surface area contributed by atoms with E-state index < -0.39 is 14.2 Å². The van der Waals surface area contributed by atoms with Crippen LogP contribution in [0.25, 0.3) is 10.9 Å². The van der Waals surface area contributed by atoms with Crippen LogP contribution in [0.3, 0.4) is 0 Å². The third-order valence-corrected chi connectivity index (χ3v) is 12.8. The molecule has 8 fully saturated rings. The van der Waals surface area contributed by atoms with Crippen molar-refractivity contribution in [1.29, 1.82) is 0 Å². The number of rotatable bonds is 4. The number of hydrogen-bond donors (Lipinski definition) is 0. The van der Waals surface area contributed by atoms with Gasteiger partial charge < -0.3 is 18.6 Å². The zero-order valence-corrected chi connectivity index (χ0v) is 24.9. The van der Waals surface area contributed by atoms with Crippen LogP contribution in [0.5, 0.6) is 0 Å². The molecule has 0 radical (unpaired) electrons. The molecule has 8 aliphatic rings. The lowest BCUT2D eigenvalue weighted by molar-refractivity contribution is -0.199. The van der Waals surface area contributed by atoms with E-state index in [-0.39, 0.29) is 34.2 Å². The molecule has 10 rings (SSSR count). The van der Waals surface area contributed by atoms with Gasteiger partial charge in [0.05, 0.1) is 23.4 Å². The molecule has 208 valence electrons. The minimum Gasteiger partial charge on any atom is -0.402 e. The van der Waals surface area contributed by atoms with E-state index in [1.54, 1.807) is 0 Å². The molecule has 6 aliphatic carbocycles. The summed E-state index contributed by atoms with van der Waals surface area (Å²) in [6.07, 6.45) is 4.80. The molecule has 0 spiro atoms. The van der Waals surface area contributed by atoms with Crippen molar-refractivity contribution in [1.82, 2.24) is 0 Å². The van der Waals surface area contributed by atoms with Gasteiger partial charge in [0.15, 0.2) is 0 Å². The Morgan fingerprint density at radius 2 is 0.950 bits per heavy atom. The molecule has 6 heteroatoms. The molecule has 3 unspecified atom stereocenters. The van der Waals surface area contributed by atoms with Crippen LogP contribution < -0.4 is 0 Å². The van der Waals surface area contributed by atoms with Gasteiger partial charge in [0, 0.05) is 0 Å². The molecule has 2 saturated heterocycles. The lowest BCUT2D eigenvalue weighted by Crippen LogP contribution is -2.65. The summed E-state index contributed by atoms with van der Waals surface area (Å²) in [5, 5.41) is 0. The molecule has 4 bridgehead atoms. The maximum atomic E-state index is 7.13. The first kappa shape index (κ1) is 25.8. The zero-order valence-electron chi connectivity index (χ0n) is 24.9. The van der Waals surface area contributed by atoms with Crippen molar-refractivity contribution in [3.05, 3.63) is 71.8 Å². The van der Waals surface area contributed by atoms with Gasteiger partial charge in [0.25, 0.3) is 0 Å². The first-order valence-electron chi connectivity index (χ1n) is 15.5. The van der Waals surface area contributed by atoms with Crippen LogP contribution in [-0.2, 0) is 18.6 Å². The van der Waals surface area contributed by atoms with E-state index in [1.807, 2.05) is 0 Å². The minimum atomic E-state index is -0.476. The summed E-state index contributed by atoms with van der Waals surface area (Å²) in [6, 6.07) is 21.3. The van der Waals surface area contributed by atoms with Crippen molar-refractivity contribution in [3.63, 3.8) is 0 Å². The van der Waals surface area contributed by atoms with Crippen LogP contribution in [0.4, 0.5) is 0 Å². The van der Waals surface area contributed by atoms with Crippen molar-refractivity contribution < 1.29 is 18.6 Å². The van der Waals surface area contributed by atoms with Gasteiger partial charge in [-0.2, -0.15) is 0 Å². The fourth-order valence-electron chi connectivity index (χ4n) is 10.0. The van der Waals surface area contributed by atoms with E-state index in [2.05, 4.69) is 102 Å². The quantitative estimate of drug-likeness (QED) is 0.308. The Morgan fingerprint density at radius 1 is 0.575 bits per heavy atom. The second-order valence-corrected chi connectivity index (χ2v) is 15.2. The van der Waals surface area contributed by atoms with E-state index in [4.69, 9.17) is 18.6 Å². The van der Waals surface area contributed by atoms with E-state index in [1.165, 1.54) is 12.8 Å². The molecule has 2 heterocycles. The lowest BCUT2D eigenvalue weighted by Gasteiger charge is -2.64. The average molecular weight is 536 g/mol. The van der Waals surface area contributed by atoms with Crippen molar-refractivity contribution in [2.24, 2.45) is 34.5 Å². The van der Waals surface area contributed by atoms with E-state index in [9.17, 15) is 0 Å². The van der Waals surface area contributed by atoms with Crippen LogP contribution in [0.1, 0.15) is 78.4 Å². The zero-order chi connectivity index (χ0) is 27.7. The summed E-state index contributed by atoms with van der Waals surface area (Å²) in [7, 11) is -0.953. The average Bonchev–Trinajstić information content (AvgIpc) is 3.48. The van der Waals surface area contributed by atoms with Crippen LogP contribution in [0.15, 0.2) is 60.7 Å². The van der Waals surface area contributed by atoms with Gasteiger partial charge in [-0.15, -0.1) is 0 Å². The first-order valence-corrected chi connectivity index (χ1v) is 15.5. The summed E-state index contributed by atoms with van der Waals surface area (Å²) in [6.45, 7) is 14.3. The third kappa shape index (κ3) is 3.31. The van der Waals surface area contributed by atoms with Gasteiger partial charge in [-0.3, -0.25) is 0 Å². The highest BCUT2D eigenvalue weighted by Crippen LogP contribution is 2.67. The van der Waals surface area contributed by atoms with Crippen LogP contribution in [0.2, 0.25) is 0 Å². The topological polar surface area (TPSA) is 36.9 Å². The third-order valence-electron chi connectivity index (χ3n) is 12.8. The Hall–Kier alpha value is -1.85. The van der Waals surface area contributed by atoms with Crippen molar-refractivity contribution in [2.45, 2.75) is 90.6 Å². The largest absolute Gasteiger partial charge is 0.494 e. The molecular formula is C34H42B2O4. The van der Waals surface area contributed by atoms with Gasteiger partial charge in [0.1, 0.15) is 0 Å². The maximum absolute atomic E-state index is 7.13. The standard InChI is InChI=1S/C34H42B2O4/c1-31(2)23-17-25(31)33(5)27(19-23)37-35(39-33)29(21-13-9-7-10-14-21)30(22-15-11-8-12-16-22)36-38-28-20-24-18-26(32(24,3)4)34(28,6)40-36/h7-16,23-28H,17-20H2,1-6H3/b30-29-/t23-,24?,25-,26-,27?,28?,33-,34-/m1/s1. The molecule has 4 nitrogen and oxygen atoms in total. The molecule has 2 aromatic rings. The predicted molar refractivity (Wildman–Crippen MR) is 160 cm³/mol. The Labute approximate surface area is 240 Å². The highest BCUT2D eigenvalue weighted by atomic mass is 16.7. The highest BCUT2D eigenvalue weighted by molar-refractivity contribution is 6.82. The molecule has 0 N–H and O–H groups in total. The Kier molecular flexibility index (Phi) is 5.41. The molecular weight excluding hydrogens is 494 g/mol. The van der Waals surface area contributed by atoms with Gasteiger partial charge in [-0.05, 0) is 96.1 Å². The molecule has 0 aromatic heterocycles. The molecule has 0 amide bonds. The Bertz CT molecular complexity index is 1260. The number of hydrogen-bond acceptors (Lipinski definition) is 4. The van der Waals surface area contributed by atoms with E-state index in [0.717, 1.165) is 34.9 Å².